The van der Waals surface area contributed by atoms with Gasteiger partial charge in [-0.05, 0) is 11.5 Å². The van der Waals surface area contributed by atoms with E-state index in [0.29, 0.717) is 16.2 Å². The predicted octanol–water partition coefficient (Wildman–Crippen LogP) is 6.06. The van der Waals surface area contributed by atoms with Gasteiger partial charge < -0.3 is 4.57 Å². The summed E-state index contributed by atoms with van der Waals surface area (Å²) in [4.78, 5) is 14.0. The lowest BCUT2D eigenvalue weighted by Crippen LogP contribution is -2.35. The summed E-state index contributed by atoms with van der Waals surface area (Å²) >= 11 is 0. The Hall–Kier alpha value is -3.22. The lowest BCUT2D eigenvalue weighted by molar-refractivity contribution is 0.0979. The summed E-state index contributed by atoms with van der Waals surface area (Å²) in [7, 11) is -3.33. The minimum absolute atomic E-state index is 0.0898. The van der Waals surface area contributed by atoms with E-state index in [2.05, 4.69) is 0 Å². The highest BCUT2D eigenvalue weighted by molar-refractivity contribution is 7.80. The molecule has 0 fully saturated rings. The van der Waals surface area contributed by atoms with Crippen molar-refractivity contribution in [3.05, 3.63) is 132 Å². The Balaban J connectivity index is 1.97. The Morgan fingerprint density at radius 1 is 0.613 bits per heavy atom. The van der Waals surface area contributed by atoms with Crippen LogP contribution < -0.4 is 10.6 Å². The first kappa shape index (κ1) is 21.0. The second-order valence-electron chi connectivity index (χ2n) is 7.70. The average Bonchev–Trinajstić information content (AvgIpc) is 2.86. The van der Waals surface area contributed by atoms with Gasteiger partial charge in [-0.15, -0.1) is 0 Å². The van der Waals surface area contributed by atoms with Gasteiger partial charge in [0.05, 0.1) is 5.66 Å². The number of rotatable bonds is 7. The number of hydrogen-bond acceptors (Lipinski definition) is 2. The molecule has 0 saturated carbocycles. The monoisotopic (exact) mass is 424 g/mol. The van der Waals surface area contributed by atoms with Crippen molar-refractivity contribution in [3.63, 3.8) is 0 Å². The third-order valence-electron chi connectivity index (χ3n) is 5.80. The fourth-order valence-electron chi connectivity index (χ4n) is 4.19. The average molecular weight is 424 g/mol. The van der Waals surface area contributed by atoms with Gasteiger partial charge in [-0.25, -0.2) is 0 Å². The quantitative estimate of drug-likeness (QED) is 0.267. The number of Topliss-reactive ketones (excluding diaryl/α,β-unsaturated/α-hetero) is 1. The molecular formula is C28H25O2P. The van der Waals surface area contributed by atoms with Crippen LogP contribution in [0.25, 0.3) is 0 Å². The maximum absolute atomic E-state index is 15.1. The Bertz CT molecular complexity index is 1130. The zero-order valence-corrected chi connectivity index (χ0v) is 18.4. The van der Waals surface area contributed by atoms with Gasteiger partial charge in [0, 0.05) is 16.2 Å². The van der Waals surface area contributed by atoms with Gasteiger partial charge in [-0.2, -0.15) is 0 Å². The molecule has 0 aliphatic carbocycles. The summed E-state index contributed by atoms with van der Waals surface area (Å²) in [5.74, 6) is -0.326. The normalized spacial score (nSPS) is 13.3. The number of hydrogen-bond donors (Lipinski definition) is 0. The molecule has 0 heterocycles. The van der Waals surface area contributed by atoms with E-state index in [1.54, 1.807) is 0 Å². The molecule has 0 radical (unpaired) electrons. The van der Waals surface area contributed by atoms with E-state index in [-0.39, 0.29) is 11.7 Å². The zero-order valence-electron chi connectivity index (χ0n) is 17.5. The molecule has 3 heteroatoms. The Labute approximate surface area is 184 Å². The Kier molecular flexibility index (Phi) is 6.30. The minimum Gasteiger partial charge on any atom is -0.313 e. The molecular weight excluding hydrogens is 399 g/mol. The smallest absolute Gasteiger partial charge is 0.174 e. The fraction of sp³-hybridized carbons (Fsp3) is 0.107. The van der Waals surface area contributed by atoms with E-state index in [1.807, 2.05) is 128 Å². The van der Waals surface area contributed by atoms with Gasteiger partial charge in [-0.1, -0.05) is 128 Å². The van der Waals surface area contributed by atoms with Crippen LogP contribution in [0.1, 0.15) is 28.8 Å². The van der Waals surface area contributed by atoms with Crippen molar-refractivity contribution in [3.8, 4) is 0 Å². The van der Waals surface area contributed by atoms with Crippen LogP contribution in [0.2, 0.25) is 0 Å². The van der Waals surface area contributed by atoms with Crippen LogP contribution >= 0.6 is 7.14 Å². The van der Waals surface area contributed by atoms with Crippen molar-refractivity contribution in [1.82, 2.24) is 0 Å². The van der Waals surface area contributed by atoms with Crippen molar-refractivity contribution >= 4 is 23.5 Å². The van der Waals surface area contributed by atoms with Gasteiger partial charge in [0.1, 0.15) is 0 Å². The zero-order chi connectivity index (χ0) is 21.7. The molecule has 0 unspecified atom stereocenters. The maximum atomic E-state index is 15.1. The molecule has 2 nitrogen and oxygen atoms in total. The van der Waals surface area contributed by atoms with Crippen molar-refractivity contribution in [2.75, 3.05) is 0 Å². The van der Waals surface area contributed by atoms with E-state index in [9.17, 15) is 4.79 Å². The highest BCUT2D eigenvalue weighted by Gasteiger charge is 2.45. The summed E-state index contributed by atoms with van der Waals surface area (Å²) in [5, 5.41) is 1.41. The van der Waals surface area contributed by atoms with Gasteiger partial charge in [-0.3, -0.25) is 4.79 Å². The summed E-state index contributed by atoms with van der Waals surface area (Å²) in [6.07, 6.45) is 0. The fourth-order valence-corrected chi connectivity index (χ4v) is 7.64. The van der Waals surface area contributed by atoms with E-state index in [1.165, 1.54) is 0 Å². The van der Waals surface area contributed by atoms with E-state index < -0.39 is 12.8 Å². The third kappa shape index (κ3) is 4.17. The molecule has 4 rings (SSSR count). The van der Waals surface area contributed by atoms with E-state index in [4.69, 9.17) is 0 Å². The van der Waals surface area contributed by atoms with Gasteiger partial charge in [0.25, 0.3) is 0 Å². The molecule has 0 aliphatic heterocycles. The van der Waals surface area contributed by atoms with Gasteiger partial charge in [0.2, 0.25) is 0 Å². The molecule has 0 amide bonds. The van der Waals surface area contributed by atoms with Crippen LogP contribution in [-0.4, -0.2) is 11.4 Å². The lowest BCUT2D eigenvalue weighted by Gasteiger charge is -2.32. The third-order valence-corrected chi connectivity index (χ3v) is 9.39. The van der Waals surface area contributed by atoms with Crippen molar-refractivity contribution in [2.45, 2.75) is 18.5 Å². The number of carbonyl (C=O) groups excluding carboxylic acids is 1. The maximum Gasteiger partial charge on any atom is 0.174 e. The summed E-state index contributed by atoms with van der Waals surface area (Å²) in [6.45, 7) is 2.01. The van der Waals surface area contributed by atoms with Crippen LogP contribution in [0.3, 0.4) is 0 Å². The molecule has 0 spiro atoms. The topological polar surface area (TPSA) is 34.1 Å². The summed E-state index contributed by atoms with van der Waals surface area (Å²) < 4.78 is 15.1. The number of carbonyl (C=O) groups is 1. The number of benzene rings is 4. The summed E-state index contributed by atoms with van der Waals surface area (Å²) in [6, 6.07) is 38.1. The van der Waals surface area contributed by atoms with Crippen LogP contribution in [-0.2, 0) is 4.57 Å². The molecule has 4 aromatic carbocycles. The highest BCUT2D eigenvalue weighted by atomic mass is 31.2. The molecule has 0 bridgehead atoms. The second kappa shape index (κ2) is 9.29. The Morgan fingerprint density at radius 3 is 1.45 bits per heavy atom. The van der Waals surface area contributed by atoms with Crippen LogP contribution in [0.5, 0.6) is 0 Å². The molecule has 0 aliphatic rings. The van der Waals surface area contributed by atoms with Crippen LogP contribution in [0, 0.1) is 0 Å². The van der Waals surface area contributed by atoms with E-state index >= 15 is 4.57 Å². The van der Waals surface area contributed by atoms with Crippen molar-refractivity contribution < 1.29 is 9.36 Å². The lowest BCUT2D eigenvalue weighted by atomic mass is 9.92. The first-order valence-electron chi connectivity index (χ1n) is 10.5. The minimum atomic E-state index is -3.33. The highest BCUT2D eigenvalue weighted by Crippen LogP contribution is 2.54. The first-order chi connectivity index (χ1) is 15.1. The standard InChI is InChI=1S/C28H25O2P/c1-22(23-14-6-2-7-15-23)28(27(29)24-16-8-3-9-17-24)31(30,25-18-10-4-11-19-25)26-20-12-5-13-21-26/h2-22,28H,1H3/t22-,28+/m1/s1. The van der Waals surface area contributed by atoms with Gasteiger partial charge >= 0.3 is 0 Å². The second-order valence-corrected chi connectivity index (χ2v) is 10.6. The predicted molar refractivity (Wildman–Crippen MR) is 129 cm³/mol. The summed E-state index contributed by atoms with van der Waals surface area (Å²) in [5.41, 5.74) is 0.869. The van der Waals surface area contributed by atoms with E-state index in [0.717, 1.165) is 5.56 Å². The van der Waals surface area contributed by atoms with Crippen LogP contribution in [0.4, 0.5) is 0 Å². The molecule has 0 saturated heterocycles. The molecule has 0 aromatic heterocycles. The largest absolute Gasteiger partial charge is 0.313 e. The molecule has 0 N–H and O–H groups in total. The van der Waals surface area contributed by atoms with Crippen molar-refractivity contribution in [1.29, 1.82) is 0 Å². The van der Waals surface area contributed by atoms with Gasteiger partial charge in [0.15, 0.2) is 12.9 Å². The van der Waals surface area contributed by atoms with Crippen molar-refractivity contribution in [2.24, 2.45) is 0 Å². The SMILES string of the molecule is C[C@H](c1ccccc1)[C@@H](C(=O)c1ccccc1)P(=O)(c1ccccc1)c1ccccc1. The molecule has 154 valence electrons. The molecule has 31 heavy (non-hydrogen) atoms. The van der Waals surface area contributed by atoms with Crippen LogP contribution in [0.15, 0.2) is 121 Å². The number of ketones is 1. The molecule has 2 atom stereocenters. The first-order valence-corrected chi connectivity index (χ1v) is 12.2. The Morgan fingerprint density at radius 2 is 1.00 bits per heavy atom. The molecule has 4 aromatic rings.